The van der Waals surface area contributed by atoms with E-state index in [-0.39, 0.29) is 5.57 Å². The normalized spacial score (nSPS) is 17.5. The van der Waals surface area contributed by atoms with Gasteiger partial charge in [0.15, 0.2) is 5.57 Å². The van der Waals surface area contributed by atoms with E-state index >= 15 is 0 Å². The van der Waals surface area contributed by atoms with Gasteiger partial charge in [-0.1, -0.05) is 0 Å². The van der Waals surface area contributed by atoms with Crippen LogP contribution in [0.4, 0.5) is 5.69 Å². The van der Waals surface area contributed by atoms with E-state index in [1.165, 1.54) is 20.0 Å². The number of thiol groups is 1. The molecule has 1 aromatic rings. The monoisotopic (exact) mass is 279 g/mol. The van der Waals surface area contributed by atoms with Crippen LogP contribution in [0.2, 0.25) is 0 Å². The Kier molecular flexibility index (Phi) is 3.53. The number of ether oxygens (including phenoxy) is 2. The van der Waals surface area contributed by atoms with Gasteiger partial charge in [0.1, 0.15) is 0 Å². The van der Waals surface area contributed by atoms with Crippen LogP contribution in [0, 0.1) is 0 Å². The van der Waals surface area contributed by atoms with Crippen molar-refractivity contribution in [1.82, 2.24) is 0 Å². The number of benzene rings is 1. The molecule has 1 fully saturated rings. The Balaban J connectivity index is 2.13. The minimum Gasteiger partial charge on any atom is -0.419 e. The van der Waals surface area contributed by atoms with E-state index in [1.807, 2.05) is 0 Å². The van der Waals surface area contributed by atoms with Crippen LogP contribution in [-0.2, 0) is 19.1 Å². The van der Waals surface area contributed by atoms with Crippen LogP contribution < -0.4 is 5.32 Å². The number of rotatable bonds is 2. The van der Waals surface area contributed by atoms with Crippen LogP contribution in [0.5, 0.6) is 0 Å². The van der Waals surface area contributed by atoms with Gasteiger partial charge in [-0.15, -0.1) is 12.6 Å². The second kappa shape index (κ2) is 4.97. The summed E-state index contributed by atoms with van der Waals surface area (Å²) in [6, 6.07) is 7.10. The van der Waals surface area contributed by atoms with Gasteiger partial charge < -0.3 is 14.8 Å². The maximum Gasteiger partial charge on any atom is 0.350 e. The molecule has 1 saturated heterocycles. The zero-order chi connectivity index (χ0) is 14.0. The van der Waals surface area contributed by atoms with Gasteiger partial charge in [-0.3, -0.25) is 0 Å². The van der Waals surface area contributed by atoms with Crippen LogP contribution in [0.15, 0.2) is 40.9 Å². The second-order valence-corrected chi connectivity index (χ2v) is 4.94. The van der Waals surface area contributed by atoms with Gasteiger partial charge in [-0.2, -0.15) is 0 Å². The Morgan fingerprint density at radius 2 is 1.63 bits per heavy atom. The summed E-state index contributed by atoms with van der Waals surface area (Å²) >= 11 is 4.16. The van der Waals surface area contributed by atoms with Crippen LogP contribution in [0.1, 0.15) is 13.8 Å². The predicted octanol–water partition coefficient (Wildman–Crippen LogP) is 2.11. The van der Waals surface area contributed by atoms with E-state index in [0.717, 1.165) is 10.6 Å². The van der Waals surface area contributed by atoms with Crippen molar-refractivity contribution in [3.05, 3.63) is 36.0 Å². The molecule has 0 atom stereocenters. The van der Waals surface area contributed by atoms with Crippen molar-refractivity contribution in [2.45, 2.75) is 24.5 Å². The molecule has 0 unspecified atom stereocenters. The lowest BCUT2D eigenvalue weighted by Gasteiger charge is -2.29. The Labute approximate surface area is 116 Å². The first-order chi connectivity index (χ1) is 8.87. The second-order valence-electron chi connectivity index (χ2n) is 4.43. The number of carbonyl (C=O) groups is 2. The summed E-state index contributed by atoms with van der Waals surface area (Å²) in [4.78, 5) is 24.1. The quantitative estimate of drug-likeness (QED) is 0.376. The molecule has 19 heavy (non-hydrogen) atoms. The highest BCUT2D eigenvalue weighted by Gasteiger charge is 2.38. The van der Waals surface area contributed by atoms with Gasteiger partial charge in [0.2, 0.25) is 0 Å². The Morgan fingerprint density at radius 3 is 2.16 bits per heavy atom. The number of nitrogens with one attached hydrogen (secondary N) is 1. The van der Waals surface area contributed by atoms with Gasteiger partial charge in [-0.25, -0.2) is 9.59 Å². The van der Waals surface area contributed by atoms with Gasteiger partial charge in [0.25, 0.3) is 5.79 Å². The number of hydrogen-bond donors (Lipinski definition) is 2. The number of carbonyl (C=O) groups excluding carboxylic acids is 2. The van der Waals surface area contributed by atoms with Gasteiger partial charge in [0.05, 0.1) is 0 Å². The third-order valence-electron chi connectivity index (χ3n) is 2.37. The highest BCUT2D eigenvalue weighted by molar-refractivity contribution is 7.80. The van der Waals surface area contributed by atoms with E-state index in [9.17, 15) is 9.59 Å². The zero-order valence-corrected chi connectivity index (χ0v) is 11.4. The molecule has 1 aliphatic rings. The van der Waals surface area contributed by atoms with Crippen molar-refractivity contribution >= 4 is 30.3 Å². The molecule has 0 spiro atoms. The first kappa shape index (κ1) is 13.5. The minimum absolute atomic E-state index is 0.172. The lowest BCUT2D eigenvalue weighted by Crippen LogP contribution is -2.42. The van der Waals surface area contributed by atoms with Crippen LogP contribution in [0.25, 0.3) is 0 Å². The highest BCUT2D eigenvalue weighted by Crippen LogP contribution is 2.22. The van der Waals surface area contributed by atoms with Crippen LogP contribution >= 0.6 is 12.6 Å². The molecule has 0 aromatic heterocycles. The lowest BCUT2D eigenvalue weighted by atomic mass is 10.2. The van der Waals surface area contributed by atoms with E-state index < -0.39 is 17.7 Å². The van der Waals surface area contributed by atoms with Crippen molar-refractivity contribution in [1.29, 1.82) is 0 Å². The minimum atomic E-state index is -1.22. The van der Waals surface area contributed by atoms with E-state index in [1.54, 1.807) is 24.3 Å². The molecule has 5 nitrogen and oxygen atoms in total. The average molecular weight is 279 g/mol. The molecule has 2 rings (SSSR count). The fourth-order valence-electron chi connectivity index (χ4n) is 1.49. The maximum atomic E-state index is 11.7. The molecule has 0 bridgehead atoms. The Hall–Kier alpha value is -1.95. The summed E-state index contributed by atoms with van der Waals surface area (Å²) < 4.78 is 9.92. The molecule has 0 saturated carbocycles. The fraction of sp³-hybridized carbons (Fsp3) is 0.231. The van der Waals surface area contributed by atoms with E-state index in [4.69, 9.17) is 9.47 Å². The number of esters is 2. The molecule has 100 valence electrons. The maximum absolute atomic E-state index is 11.7. The molecular weight excluding hydrogens is 266 g/mol. The van der Waals surface area contributed by atoms with Gasteiger partial charge >= 0.3 is 11.9 Å². The summed E-state index contributed by atoms with van der Waals surface area (Å²) in [5.74, 6) is -2.64. The Morgan fingerprint density at radius 1 is 1.11 bits per heavy atom. The summed E-state index contributed by atoms with van der Waals surface area (Å²) in [5.41, 5.74) is 0.546. The summed E-state index contributed by atoms with van der Waals surface area (Å²) in [7, 11) is 0. The van der Waals surface area contributed by atoms with Crippen molar-refractivity contribution < 1.29 is 19.1 Å². The SMILES string of the molecule is CC1(C)OC(=O)C(=CNc2ccc(S)cc2)C(=O)O1. The Bertz CT molecular complexity index is 526. The number of cyclic esters (lactones) is 2. The average Bonchev–Trinajstić information content (AvgIpc) is 2.29. The topological polar surface area (TPSA) is 64.6 Å². The van der Waals surface area contributed by atoms with Crippen molar-refractivity contribution in [3.63, 3.8) is 0 Å². The molecule has 6 heteroatoms. The lowest BCUT2D eigenvalue weighted by molar-refractivity contribution is -0.222. The molecular formula is C13H13NO4S. The summed E-state index contributed by atoms with van der Waals surface area (Å²) in [6.45, 7) is 3.00. The van der Waals surface area contributed by atoms with E-state index in [2.05, 4.69) is 17.9 Å². The molecule has 0 amide bonds. The van der Waals surface area contributed by atoms with Crippen molar-refractivity contribution in [3.8, 4) is 0 Å². The molecule has 1 N–H and O–H groups in total. The third-order valence-corrected chi connectivity index (χ3v) is 2.67. The standard InChI is InChI=1S/C13H13NO4S/c1-13(2)17-11(15)10(12(16)18-13)7-14-8-3-5-9(19)6-4-8/h3-7,14,19H,1-2H3. The van der Waals surface area contributed by atoms with Gasteiger partial charge in [-0.05, 0) is 24.3 Å². The van der Waals surface area contributed by atoms with Crippen molar-refractivity contribution in [2.75, 3.05) is 5.32 Å². The van der Waals surface area contributed by atoms with Crippen LogP contribution in [-0.4, -0.2) is 17.7 Å². The van der Waals surface area contributed by atoms with Crippen molar-refractivity contribution in [2.24, 2.45) is 0 Å². The third kappa shape index (κ3) is 3.29. The first-order valence-corrected chi connectivity index (χ1v) is 6.04. The number of hydrogen-bond acceptors (Lipinski definition) is 6. The molecule has 0 radical (unpaired) electrons. The highest BCUT2D eigenvalue weighted by atomic mass is 32.1. The zero-order valence-electron chi connectivity index (χ0n) is 10.5. The smallest absolute Gasteiger partial charge is 0.350 e. The first-order valence-electron chi connectivity index (χ1n) is 5.60. The molecule has 1 aromatic carbocycles. The fourth-order valence-corrected chi connectivity index (χ4v) is 1.64. The largest absolute Gasteiger partial charge is 0.419 e. The molecule has 1 aliphatic heterocycles. The predicted molar refractivity (Wildman–Crippen MR) is 71.7 cm³/mol. The molecule has 0 aliphatic carbocycles. The molecule has 1 heterocycles. The number of anilines is 1. The summed E-state index contributed by atoms with van der Waals surface area (Å²) in [5, 5.41) is 2.83. The van der Waals surface area contributed by atoms with E-state index in [0.29, 0.717) is 0 Å². The van der Waals surface area contributed by atoms with Gasteiger partial charge in [0, 0.05) is 30.6 Å². The van der Waals surface area contributed by atoms with Crippen LogP contribution in [0.3, 0.4) is 0 Å². The summed E-state index contributed by atoms with van der Waals surface area (Å²) in [6.07, 6.45) is 1.27.